The lowest BCUT2D eigenvalue weighted by Crippen LogP contribution is -2.45. The molecule has 0 N–H and O–H groups in total. The van der Waals surface area contributed by atoms with E-state index < -0.39 is 0 Å². The molecule has 4 heterocycles. The van der Waals surface area contributed by atoms with Gasteiger partial charge in [0, 0.05) is 44.5 Å². The minimum Gasteiger partial charge on any atom is -0.338 e. The van der Waals surface area contributed by atoms with E-state index in [-0.39, 0.29) is 17.7 Å². The van der Waals surface area contributed by atoms with Crippen LogP contribution in [0.1, 0.15) is 40.0 Å². The van der Waals surface area contributed by atoms with Crippen molar-refractivity contribution in [3.63, 3.8) is 0 Å². The van der Waals surface area contributed by atoms with Crippen LogP contribution < -0.4 is 0 Å². The van der Waals surface area contributed by atoms with Crippen molar-refractivity contribution < 1.29 is 9.59 Å². The molecule has 0 spiro atoms. The monoisotopic (exact) mass is 493 g/mol. The van der Waals surface area contributed by atoms with Crippen LogP contribution in [0.2, 0.25) is 0 Å². The number of likely N-dealkylation sites (tertiary alicyclic amines) is 1. The molecule has 0 saturated carbocycles. The Bertz CT molecular complexity index is 1420. The Labute approximate surface area is 216 Å². The third kappa shape index (κ3) is 4.35. The number of carbonyl (C=O) groups excluding carboxylic acids is 2. The van der Waals surface area contributed by atoms with Gasteiger partial charge < -0.3 is 14.4 Å². The van der Waals surface area contributed by atoms with E-state index in [1.807, 2.05) is 86.9 Å². The van der Waals surface area contributed by atoms with E-state index in [2.05, 4.69) is 18.2 Å². The highest BCUT2D eigenvalue weighted by molar-refractivity contribution is 5.99. The first-order valence-electron chi connectivity index (χ1n) is 13.0. The molecule has 6 rings (SSSR count). The van der Waals surface area contributed by atoms with E-state index in [1.54, 1.807) is 0 Å². The number of fused-ring (bicyclic) bond motifs is 1. The zero-order valence-electron chi connectivity index (χ0n) is 21.1. The number of benzene rings is 2. The maximum absolute atomic E-state index is 13.9. The topological polar surface area (TPSA) is 63.4 Å². The molecule has 2 aliphatic rings. The van der Waals surface area contributed by atoms with Gasteiger partial charge in [-0.1, -0.05) is 42.5 Å². The SMILES string of the molecule is Cc1nn(-c2ccccc2)c(-n2cccc2)c1C(=O)N1CCC(C(=O)N2CCc3ccccc3C2)CC1. The number of rotatable bonds is 4. The van der Waals surface area contributed by atoms with E-state index in [1.165, 1.54) is 11.1 Å². The summed E-state index contributed by atoms with van der Waals surface area (Å²) in [4.78, 5) is 31.1. The fourth-order valence-electron chi connectivity index (χ4n) is 5.66. The summed E-state index contributed by atoms with van der Waals surface area (Å²) in [7, 11) is 0. The van der Waals surface area contributed by atoms with Crippen LogP contribution in [0.4, 0.5) is 0 Å². The second-order valence-corrected chi connectivity index (χ2v) is 9.97. The van der Waals surface area contributed by atoms with Gasteiger partial charge in [0.1, 0.15) is 5.56 Å². The number of piperidine rings is 1. The van der Waals surface area contributed by atoms with Crippen LogP contribution in [0.5, 0.6) is 0 Å². The van der Waals surface area contributed by atoms with Crippen molar-refractivity contribution in [1.29, 1.82) is 0 Å². The van der Waals surface area contributed by atoms with Gasteiger partial charge in [-0.25, -0.2) is 4.68 Å². The first-order chi connectivity index (χ1) is 18.1. The molecule has 2 aromatic carbocycles. The Hall–Kier alpha value is -4.13. The number of amides is 2. The predicted molar refractivity (Wildman–Crippen MR) is 142 cm³/mol. The molecule has 1 saturated heterocycles. The fraction of sp³-hybridized carbons (Fsp3) is 0.300. The van der Waals surface area contributed by atoms with Crippen molar-refractivity contribution in [3.05, 3.63) is 102 Å². The molecule has 0 atom stereocenters. The smallest absolute Gasteiger partial charge is 0.259 e. The summed E-state index contributed by atoms with van der Waals surface area (Å²) in [5.41, 5.74) is 4.80. The molecule has 37 heavy (non-hydrogen) atoms. The number of aromatic nitrogens is 3. The van der Waals surface area contributed by atoms with Crippen LogP contribution in [0, 0.1) is 12.8 Å². The molecule has 4 aromatic rings. The van der Waals surface area contributed by atoms with Crippen LogP contribution in [-0.2, 0) is 17.8 Å². The van der Waals surface area contributed by atoms with Crippen molar-refractivity contribution in [3.8, 4) is 11.5 Å². The van der Waals surface area contributed by atoms with Gasteiger partial charge in [0.2, 0.25) is 5.91 Å². The molecule has 0 aliphatic carbocycles. The average Bonchev–Trinajstić information content (AvgIpc) is 3.60. The van der Waals surface area contributed by atoms with Gasteiger partial charge in [-0.2, -0.15) is 5.10 Å². The van der Waals surface area contributed by atoms with Crippen LogP contribution in [0.3, 0.4) is 0 Å². The number of nitrogens with zero attached hydrogens (tertiary/aromatic N) is 5. The zero-order chi connectivity index (χ0) is 25.4. The summed E-state index contributed by atoms with van der Waals surface area (Å²) in [6.45, 7) is 4.49. The molecular formula is C30H31N5O2. The highest BCUT2D eigenvalue weighted by atomic mass is 16.2. The fourth-order valence-corrected chi connectivity index (χ4v) is 5.66. The van der Waals surface area contributed by atoms with Gasteiger partial charge in [-0.15, -0.1) is 0 Å². The van der Waals surface area contributed by atoms with Crippen molar-refractivity contribution in [2.45, 2.75) is 32.7 Å². The normalized spacial score (nSPS) is 16.0. The van der Waals surface area contributed by atoms with Crippen LogP contribution in [0.15, 0.2) is 79.1 Å². The lowest BCUT2D eigenvalue weighted by atomic mass is 9.92. The van der Waals surface area contributed by atoms with Crippen molar-refractivity contribution in [2.24, 2.45) is 5.92 Å². The molecule has 0 unspecified atom stereocenters. The van der Waals surface area contributed by atoms with Crippen LogP contribution in [-0.4, -0.2) is 55.6 Å². The largest absolute Gasteiger partial charge is 0.338 e. The Kier molecular flexibility index (Phi) is 6.12. The summed E-state index contributed by atoms with van der Waals surface area (Å²) in [6, 6.07) is 22.2. The van der Waals surface area contributed by atoms with E-state index in [0.717, 1.165) is 24.5 Å². The zero-order valence-corrected chi connectivity index (χ0v) is 21.1. The highest BCUT2D eigenvalue weighted by Gasteiger charge is 2.34. The molecule has 2 amide bonds. The van der Waals surface area contributed by atoms with Crippen LogP contribution in [0.25, 0.3) is 11.5 Å². The molecular weight excluding hydrogens is 462 g/mol. The molecule has 7 nitrogen and oxygen atoms in total. The van der Waals surface area contributed by atoms with E-state index >= 15 is 0 Å². The quantitative estimate of drug-likeness (QED) is 0.423. The van der Waals surface area contributed by atoms with Crippen LogP contribution >= 0.6 is 0 Å². The van der Waals surface area contributed by atoms with Crippen molar-refractivity contribution >= 4 is 11.8 Å². The van der Waals surface area contributed by atoms with Gasteiger partial charge in [-0.05, 0) is 61.6 Å². The van der Waals surface area contributed by atoms with E-state index in [4.69, 9.17) is 5.10 Å². The standard InChI is InChI=1S/C30H31N5O2/c1-22-27(28(32-16-7-8-17-32)35(31-22)26-11-3-2-4-12-26)30(37)33-18-14-24(15-19-33)29(36)34-20-13-23-9-5-6-10-25(23)21-34/h2-12,16-17,24H,13-15,18-21H2,1H3. The number of para-hydroxylation sites is 1. The average molecular weight is 494 g/mol. The lowest BCUT2D eigenvalue weighted by molar-refractivity contribution is -0.137. The Balaban J connectivity index is 1.20. The predicted octanol–water partition coefficient (Wildman–Crippen LogP) is 4.41. The number of hydrogen-bond acceptors (Lipinski definition) is 3. The molecule has 2 aromatic heterocycles. The highest BCUT2D eigenvalue weighted by Crippen LogP contribution is 2.28. The van der Waals surface area contributed by atoms with Crippen molar-refractivity contribution in [1.82, 2.24) is 24.1 Å². The molecule has 0 radical (unpaired) electrons. The van der Waals surface area contributed by atoms with Gasteiger partial charge in [-0.3, -0.25) is 9.59 Å². The molecule has 188 valence electrons. The summed E-state index contributed by atoms with van der Waals surface area (Å²) < 4.78 is 3.79. The first kappa shape index (κ1) is 23.3. The third-order valence-corrected chi connectivity index (χ3v) is 7.67. The second kappa shape index (κ2) is 9.73. The summed E-state index contributed by atoms with van der Waals surface area (Å²) in [6.07, 6.45) is 6.16. The molecule has 7 heteroatoms. The Morgan fingerprint density at radius 1 is 0.811 bits per heavy atom. The molecule has 2 aliphatic heterocycles. The van der Waals surface area contributed by atoms with Gasteiger partial charge in [0.05, 0.1) is 11.4 Å². The maximum Gasteiger partial charge on any atom is 0.259 e. The number of aryl methyl sites for hydroxylation is 1. The molecule has 1 fully saturated rings. The number of hydrogen-bond donors (Lipinski definition) is 0. The minimum absolute atomic E-state index is 0.0267. The first-order valence-corrected chi connectivity index (χ1v) is 13.0. The second-order valence-electron chi connectivity index (χ2n) is 9.97. The minimum atomic E-state index is -0.0358. The summed E-state index contributed by atoms with van der Waals surface area (Å²) >= 11 is 0. The lowest BCUT2D eigenvalue weighted by Gasteiger charge is -2.36. The molecule has 0 bridgehead atoms. The van der Waals surface area contributed by atoms with E-state index in [0.29, 0.717) is 43.7 Å². The van der Waals surface area contributed by atoms with Gasteiger partial charge in [0.15, 0.2) is 5.82 Å². The maximum atomic E-state index is 13.9. The van der Waals surface area contributed by atoms with Crippen molar-refractivity contribution in [2.75, 3.05) is 19.6 Å². The Morgan fingerprint density at radius 3 is 2.22 bits per heavy atom. The van der Waals surface area contributed by atoms with Gasteiger partial charge >= 0.3 is 0 Å². The Morgan fingerprint density at radius 2 is 1.49 bits per heavy atom. The van der Waals surface area contributed by atoms with E-state index in [9.17, 15) is 9.59 Å². The summed E-state index contributed by atoms with van der Waals surface area (Å²) in [5.74, 6) is 0.902. The third-order valence-electron chi connectivity index (χ3n) is 7.67. The number of carbonyl (C=O) groups is 2. The van der Waals surface area contributed by atoms with Gasteiger partial charge in [0.25, 0.3) is 5.91 Å². The summed E-state index contributed by atoms with van der Waals surface area (Å²) in [5, 5.41) is 4.76.